The molecule has 0 aliphatic carbocycles. The van der Waals surface area contributed by atoms with Crippen molar-refractivity contribution in [1.29, 1.82) is 0 Å². The van der Waals surface area contributed by atoms with Crippen molar-refractivity contribution in [2.24, 2.45) is 0 Å². The maximum atomic E-state index is 14.4. The van der Waals surface area contributed by atoms with Crippen molar-refractivity contribution in [2.45, 2.75) is 6.92 Å². The molecule has 0 saturated carbocycles. The minimum atomic E-state index is -1.40. The van der Waals surface area contributed by atoms with E-state index in [0.717, 1.165) is 22.7 Å². The maximum Gasteiger partial charge on any atom is 0.339 e. The Labute approximate surface area is 176 Å². The minimum absolute atomic E-state index is 0.0232. The number of aromatic hydroxyl groups is 1. The van der Waals surface area contributed by atoms with Crippen LogP contribution >= 0.6 is 22.7 Å². The summed E-state index contributed by atoms with van der Waals surface area (Å²) in [5.74, 6) is -4.51. The summed E-state index contributed by atoms with van der Waals surface area (Å²) in [5.41, 5.74) is -0.509. The van der Waals surface area contributed by atoms with Crippen molar-refractivity contribution in [3.63, 3.8) is 0 Å². The highest BCUT2D eigenvalue weighted by Crippen LogP contribution is 2.40. The monoisotopic (exact) mass is 445 g/mol. The second kappa shape index (κ2) is 7.51. The zero-order chi connectivity index (χ0) is 21.6. The van der Waals surface area contributed by atoms with Crippen LogP contribution in [-0.2, 0) is 0 Å². The molecule has 2 heterocycles. The van der Waals surface area contributed by atoms with Crippen molar-refractivity contribution in [1.82, 2.24) is 0 Å². The zero-order valence-corrected chi connectivity index (χ0v) is 17.0. The summed E-state index contributed by atoms with van der Waals surface area (Å²) in [4.78, 5) is 24.6. The predicted octanol–water partition coefficient (Wildman–Crippen LogP) is 5.87. The highest BCUT2D eigenvalue weighted by atomic mass is 32.1. The van der Waals surface area contributed by atoms with Crippen LogP contribution in [0.2, 0.25) is 0 Å². The first-order valence-corrected chi connectivity index (χ1v) is 10.3. The van der Waals surface area contributed by atoms with E-state index in [2.05, 4.69) is 5.32 Å². The van der Waals surface area contributed by atoms with E-state index in [1.165, 1.54) is 24.4 Å². The third-order valence-electron chi connectivity index (χ3n) is 4.57. The van der Waals surface area contributed by atoms with E-state index in [1.807, 2.05) is 0 Å². The van der Waals surface area contributed by atoms with E-state index >= 15 is 0 Å². The summed E-state index contributed by atoms with van der Waals surface area (Å²) < 4.78 is 29.1. The molecule has 4 aromatic rings. The highest BCUT2D eigenvalue weighted by molar-refractivity contribution is 7.21. The van der Waals surface area contributed by atoms with Crippen molar-refractivity contribution in [2.75, 3.05) is 5.32 Å². The number of carbonyl (C=O) groups excluding carboxylic acids is 1. The summed E-state index contributed by atoms with van der Waals surface area (Å²) in [6.07, 6.45) is 0. The molecule has 0 aliphatic rings. The first kappa shape index (κ1) is 20.0. The van der Waals surface area contributed by atoms with Gasteiger partial charge in [0.15, 0.2) is 11.6 Å². The molecular weight excluding hydrogens is 432 g/mol. The lowest BCUT2D eigenvalue weighted by atomic mass is 10.0. The van der Waals surface area contributed by atoms with Crippen LogP contribution in [0.15, 0.2) is 41.8 Å². The Balaban J connectivity index is 1.75. The SMILES string of the molecule is Cc1ccc(-c2csc(NC(=O)c3sc4ccccc4c3O)c2C(=O)O)c(F)c1F. The lowest BCUT2D eigenvalue weighted by molar-refractivity contribution is 0.0699. The van der Waals surface area contributed by atoms with Gasteiger partial charge in [0, 0.05) is 26.6 Å². The first-order chi connectivity index (χ1) is 14.3. The van der Waals surface area contributed by atoms with Crippen molar-refractivity contribution < 1.29 is 28.6 Å². The molecule has 2 aromatic carbocycles. The molecule has 30 heavy (non-hydrogen) atoms. The van der Waals surface area contributed by atoms with Crippen LogP contribution < -0.4 is 5.32 Å². The van der Waals surface area contributed by atoms with Gasteiger partial charge >= 0.3 is 5.97 Å². The number of hydrogen-bond acceptors (Lipinski definition) is 5. The third kappa shape index (κ3) is 3.21. The Morgan fingerprint density at radius 3 is 2.47 bits per heavy atom. The standard InChI is InChI=1S/C21H13F2NO4S2/c1-9-6-7-10(16(23)15(9)22)12-8-29-20(14(12)21(27)28)24-19(26)18-17(25)11-4-2-3-5-13(11)30-18/h2-8,25H,1H3,(H,24,26)(H,27,28). The molecule has 0 atom stereocenters. The summed E-state index contributed by atoms with van der Waals surface area (Å²) in [7, 11) is 0. The maximum absolute atomic E-state index is 14.4. The number of aromatic carboxylic acids is 1. The number of carbonyl (C=O) groups is 2. The van der Waals surface area contributed by atoms with Gasteiger partial charge in [0.05, 0.1) is 0 Å². The van der Waals surface area contributed by atoms with Gasteiger partial charge in [-0.15, -0.1) is 22.7 Å². The molecule has 5 nitrogen and oxygen atoms in total. The molecule has 2 aromatic heterocycles. The van der Waals surface area contributed by atoms with Gasteiger partial charge in [0.1, 0.15) is 21.2 Å². The smallest absolute Gasteiger partial charge is 0.339 e. The summed E-state index contributed by atoms with van der Waals surface area (Å²) >= 11 is 1.94. The van der Waals surface area contributed by atoms with Crippen LogP contribution in [0.4, 0.5) is 13.8 Å². The fourth-order valence-corrected chi connectivity index (χ4v) is 5.00. The topological polar surface area (TPSA) is 86.6 Å². The molecule has 0 unspecified atom stereocenters. The van der Waals surface area contributed by atoms with E-state index in [0.29, 0.717) is 10.1 Å². The number of rotatable bonds is 4. The van der Waals surface area contributed by atoms with Crippen LogP contribution in [0.1, 0.15) is 25.6 Å². The molecular formula is C21H13F2NO4S2. The number of carboxylic acid groups (broad SMARTS) is 1. The van der Waals surface area contributed by atoms with Crippen molar-refractivity contribution in [3.05, 3.63) is 69.4 Å². The second-order valence-electron chi connectivity index (χ2n) is 6.45. The molecule has 0 saturated heterocycles. The molecule has 1 amide bonds. The number of amides is 1. The molecule has 0 radical (unpaired) electrons. The third-order valence-corrected chi connectivity index (χ3v) is 6.63. The number of benzene rings is 2. The van der Waals surface area contributed by atoms with Gasteiger partial charge in [-0.2, -0.15) is 0 Å². The van der Waals surface area contributed by atoms with Gasteiger partial charge in [-0.05, 0) is 24.6 Å². The molecule has 0 spiro atoms. The normalized spacial score (nSPS) is 11.0. The number of thiophene rings is 2. The Morgan fingerprint density at radius 2 is 1.77 bits per heavy atom. The number of fused-ring (bicyclic) bond motifs is 1. The van der Waals surface area contributed by atoms with E-state index in [1.54, 1.807) is 24.3 Å². The van der Waals surface area contributed by atoms with Crippen molar-refractivity contribution in [3.8, 4) is 16.9 Å². The van der Waals surface area contributed by atoms with Crippen LogP contribution in [0.5, 0.6) is 5.75 Å². The van der Waals surface area contributed by atoms with Gasteiger partial charge < -0.3 is 15.5 Å². The number of anilines is 1. The number of aryl methyl sites for hydroxylation is 1. The lowest BCUT2D eigenvalue weighted by Gasteiger charge is -2.08. The summed E-state index contributed by atoms with van der Waals surface area (Å²) in [6, 6.07) is 9.55. The molecule has 3 N–H and O–H groups in total. The second-order valence-corrected chi connectivity index (χ2v) is 8.38. The Morgan fingerprint density at radius 1 is 1.03 bits per heavy atom. The Kier molecular flexibility index (Phi) is 5.00. The zero-order valence-electron chi connectivity index (χ0n) is 15.3. The summed E-state index contributed by atoms with van der Waals surface area (Å²) in [5, 5.41) is 24.3. The van der Waals surface area contributed by atoms with E-state index in [-0.39, 0.29) is 37.9 Å². The number of nitrogens with one attached hydrogen (secondary N) is 1. The predicted molar refractivity (Wildman–Crippen MR) is 113 cm³/mol. The van der Waals surface area contributed by atoms with Gasteiger partial charge in [-0.25, -0.2) is 13.6 Å². The number of hydrogen-bond donors (Lipinski definition) is 3. The van der Waals surface area contributed by atoms with Crippen LogP contribution in [-0.4, -0.2) is 22.1 Å². The van der Waals surface area contributed by atoms with Crippen LogP contribution in [0.25, 0.3) is 21.2 Å². The van der Waals surface area contributed by atoms with Crippen molar-refractivity contribution >= 4 is 49.6 Å². The summed E-state index contributed by atoms with van der Waals surface area (Å²) in [6.45, 7) is 1.40. The molecule has 0 aliphatic heterocycles. The minimum Gasteiger partial charge on any atom is -0.506 e. The molecule has 4 rings (SSSR count). The quantitative estimate of drug-likeness (QED) is 0.367. The fourth-order valence-electron chi connectivity index (χ4n) is 3.06. The lowest BCUT2D eigenvalue weighted by Crippen LogP contribution is -2.12. The van der Waals surface area contributed by atoms with Gasteiger partial charge in [-0.1, -0.05) is 24.3 Å². The molecule has 152 valence electrons. The van der Waals surface area contributed by atoms with Gasteiger partial charge in [-0.3, -0.25) is 4.79 Å². The van der Waals surface area contributed by atoms with E-state index in [4.69, 9.17) is 0 Å². The number of carboxylic acids is 1. The van der Waals surface area contributed by atoms with E-state index < -0.39 is 23.5 Å². The highest BCUT2D eigenvalue weighted by Gasteiger charge is 2.26. The average molecular weight is 445 g/mol. The van der Waals surface area contributed by atoms with Crippen LogP contribution in [0, 0.1) is 18.6 Å². The van der Waals surface area contributed by atoms with Crippen LogP contribution in [0.3, 0.4) is 0 Å². The van der Waals surface area contributed by atoms with Gasteiger partial charge in [0.25, 0.3) is 5.91 Å². The largest absolute Gasteiger partial charge is 0.506 e. The molecule has 9 heteroatoms. The molecule has 0 bridgehead atoms. The molecule has 0 fully saturated rings. The average Bonchev–Trinajstić information content (AvgIpc) is 3.28. The number of halogens is 2. The Bertz CT molecular complexity index is 1330. The Hall–Kier alpha value is -3.30. The van der Waals surface area contributed by atoms with Gasteiger partial charge in [0.2, 0.25) is 0 Å². The fraction of sp³-hybridized carbons (Fsp3) is 0.0476. The van der Waals surface area contributed by atoms with E-state index in [9.17, 15) is 28.6 Å². The first-order valence-electron chi connectivity index (χ1n) is 8.61.